The van der Waals surface area contributed by atoms with Gasteiger partial charge in [-0.2, -0.15) is 0 Å². The molecule has 43 heavy (non-hydrogen) atoms. The maximum absolute atomic E-state index is 12.4. The van der Waals surface area contributed by atoms with Gasteiger partial charge in [-0.3, -0.25) is 4.57 Å². The van der Waals surface area contributed by atoms with Crippen LogP contribution in [0.15, 0.2) is 60.8 Å². The second kappa shape index (κ2) is 12.9. The van der Waals surface area contributed by atoms with Crippen LogP contribution >= 0.6 is 11.6 Å². The number of aromatic nitrogens is 3. The van der Waals surface area contributed by atoms with E-state index in [-0.39, 0.29) is 42.5 Å². The summed E-state index contributed by atoms with van der Waals surface area (Å²) in [6.07, 6.45) is -2.71. The van der Waals surface area contributed by atoms with E-state index in [1.54, 1.807) is 6.07 Å². The molecule has 0 radical (unpaired) electrons. The number of pyridine rings is 1. The molecule has 5 rings (SSSR count). The molecule has 0 bridgehead atoms. The van der Waals surface area contributed by atoms with Gasteiger partial charge in [0.15, 0.2) is 0 Å². The van der Waals surface area contributed by atoms with Gasteiger partial charge < -0.3 is 34.3 Å². The molecule has 1 atom stereocenters. The van der Waals surface area contributed by atoms with E-state index in [2.05, 4.69) is 14.6 Å². The highest BCUT2D eigenvalue weighted by atomic mass is 35.5. The summed E-state index contributed by atoms with van der Waals surface area (Å²) < 4.78 is 54.0. The largest absolute Gasteiger partial charge is 0.573 e. The molecule has 0 saturated carbocycles. The van der Waals surface area contributed by atoms with Crippen molar-refractivity contribution >= 4 is 34.1 Å². The molecule has 2 aromatic heterocycles. The Morgan fingerprint density at radius 3 is 2.42 bits per heavy atom. The van der Waals surface area contributed by atoms with Crippen LogP contribution in [0.25, 0.3) is 10.9 Å². The van der Waals surface area contributed by atoms with E-state index in [0.29, 0.717) is 24.6 Å². The summed E-state index contributed by atoms with van der Waals surface area (Å²) in [5.41, 5.74) is 0.779. The third-order valence-electron chi connectivity index (χ3n) is 6.82. The fourth-order valence-corrected chi connectivity index (χ4v) is 4.88. The van der Waals surface area contributed by atoms with Gasteiger partial charge in [0.05, 0.1) is 11.6 Å². The number of nitrogens with zero attached hydrogens (tertiary/aromatic N) is 5. The van der Waals surface area contributed by atoms with Crippen LogP contribution in [0.3, 0.4) is 0 Å². The molecule has 228 valence electrons. The van der Waals surface area contributed by atoms with Crippen molar-refractivity contribution in [2.24, 2.45) is 0 Å². The summed E-state index contributed by atoms with van der Waals surface area (Å²) in [6, 6.07) is 14.7. The Bertz CT molecular complexity index is 1560. The van der Waals surface area contributed by atoms with Crippen LogP contribution in [0.2, 0.25) is 5.28 Å². The lowest BCUT2D eigenvalue weighted by Crippen LogP contribution is -2.38. The minimum Gasteiger partial charge on any atom is -0.491 e. The standard InChI is InChI=1S/C28H27ClF3N5O6/c29-27-34-26(37(39)40)16-36(27)12-9-19(38)17-41-23-6-7-24-18(15-23)1-8-25(33-24)35-13-10-21(11-14-35)42-20-2-4-22(5-3-20)43-28(30,31)32/h1-8,15-16,19,21,38H,9-14,17H2/t19-/m1/s1. The van der Waals surface area contributed by atoms with Crippen LogP contribution in [0.1, 0.15) is 19.3 Å². The normalized spacial score (nSPS) is 15.0. The van der Waals surface area contributed by atoms with Crippen molar-refractivity contribution in [2.75, 3.05) is 24.6 Å². The van der Waals surface area contributed by atoms with E-state index in [4.69, 9.17) is 26.1 Å². The molecule has 3 heterocycles. The van der Waals surface area contributed by atoms with Crippen LogP contribution in [-0.2, 0) is 6.54 Å². The number of hydrogen-bond donors (Lipinski definition) is 1. The first-order chi connectivity index (χ1) is 20.5. The van der Waals surface area contributed by atoms with Crippen LogP contribution in [-0.4, -0.2) is 62.8 Å². The Morgan fingerprint density at radius 2 is 1.74 bits per heavy atom. The summed E-state index contributed by atoms with van der Waals surface area (Å²) in [5.74, 6) is 1.22. The molecular weight excluding hydrogens is 595 g/mol. The number of benzene rings is 2. The zero-order valence-corrected chi connectivity index (χ0v) is 23.4. The van der Waals surface area contributed by atoms with Gasteiger partial charge in [0, 0.05) is 37.9 Å². The summed E-state index contributed by atoms with van der Waals surface area (Å²) >= 11 is 5.91. The number of piperidine rings is 1. The van der Waals surface area contributed by atoms with Crippen LogP contribution < -0.4 is 19.1 Å². The third-order valence-corrected chi connectivity index (χ3v) is 7.12. The summed E-state index contributed by atoms with van der Waals surface area (Å²) in [6.45, 7) is 1.67. The molecule has 0 spiro atoms. The number of aliphatic hydroxyl groups is 1. The molecule has 4 aromatic rings. The van der Waals surface area contributed by atoms with Crippen LogP contribution in [0, 0.1) is 10.1 Å². The van der Waals surface area contributed by atoms with Crippen LogP contribution in [0.4, 0.5) is 24.8 Å². The predicted octanol–water partition coefficient (Wildman–Crippen LogP) is 5.77. The Kier molecular flexibility index (Phi) is 9.06. The Morgan fingerprint density at radius 1 is 1.05 bits per heavy atom. The number of aliphatic hydroxyl groups excluding tert-OH is 1. The average Bonchev–Trinajstić information content (AvgIpc) is 3.36. The topological polar surface area (TPSA) is 125 Å². The van der Waals surface area contributed by atoms with E-state index in [1.807, 2.05) is 24.3 Å². The molecule has 1 aliphatic rings. The number of nitro groups is 1. The first-order valence-electron chi connectivity index (χ1n) is 13.4. The van der Waals surface area contributed by atoms with Crippen LogP contribution in [0.5, 0.6) is 17.2 Å². The number of aryl methyl sites for hydroxylation is 1. The van der Waals surface area contributed by atoms with Crippen molar-refractivity contribution < 1.29 is 37.4 Å². The first kappa shape index (κ1) is 30.2. The maximum Gasteiger partial charge on any atom is 0.573 e. The SMILES string of the molecule is O=[N+]([O-])c1cn(CC[C@@H](O)COc2ccc3nc(N4CCC(Oc5ccc(OC(F)(F)F)cc5)CC4)ccc3c2)c(Cl)n1. The number of halogens is 4. The van der Waals surface area contributed by atoms with E-state index < -0.39 is 17.4 Å². The fourth-order valence-electron chi connectivity index (χ4n) is 4.66. The number of ether oxygens (including phenoxy) is 3. The highest BCUT2D eigenvalue weighted by Crippen LogP contribution is 2.28. The number of hydrogen-bond acceptors (Lipinski definition) is 9. The summed E-state index contributed by atoms with van der Waals surface area (Å²) in [7, 11) is 0. The van der Waals surface area contributed by atoms with Crippen molar-refractivity contribution in [2.45, 2.75) is 44.4 Å². The lowest BCUT2D eigenvalue weighted by atomic mass is 10.1. The number of alkyl halides is 3. The first-order valence-corrected chi connectivity index (χ1v) is 13.8. The van der Waals surface area contributed by atoms with Crippen molar-refractivity contribution in [1.82, 2.24) is 14.5 Å². The van der Waals surface area contributed by atoms with Crippen molar-refractivity contribution in [3.05, 3.63) is 76.2 Å². The van der Waals surface area contributed by atoms with Gasteiger partial charge in [-0.1, -0.05) is 0 Å². The average molecular weight is 622 g/mol. The van der Waals surface area contributed by atoms with Crippen molar-refractivity contribution in [3.8, 4) is 17.2 Å². The predicted molar refractivity (Wildman–Crippen MR) is 151 cm³/mol. The van der Waals surface area contributed by atoms with Gasteiger partial charge in [0.1, 0.15) is 42.0 Å². The summed E-state index contributed by atoms with van der Waals surface area (Å²) in [4.78, 5) is 20.8. The number of fused-ring (bicyclic) bond motifs is 1. The minimum atomic E-state index is -4.74. The van der Waals surface area contributed by atoms with Crippen molar-refractivity contribution in [3.63, 3.8) is 0 Å². The zero-order valence-electron chi connectivity index (χ0n) is 22.6. The molecule has 1 fully saturated rings. The molecule has 0 amide bonds. The van der Waals surface area contributed by atoms with Gasteiger partial charge >= 0.3 is 17.5 Å². The monoisotopic (exact) mass is 621 g/mol. The summed E-state index contributed by atoms with van der Waals surface area (Å²) in [5, 5.41) is 22.0. The lowest BCUT2D eigenvalue weighted by molar-refractivity contribution is -0.389. The molecule has 2 aromatic carbocycles. The highest BCUT2D eigenvalue weighted by Gasteiger charge is 2.31. The van der Waals surface area contributed by atoms with Gasteiger partial charge in [0.25, 0.3) is 0 Å². The maximum atomic E-state index is 12.4. The molecule has 11 nitrogen and oxygen atoms in total. The second-order valence-corrected chi connectivity index (χ2v) is 10.3. The van der Waals surface area contributed by atoms with E-state index >= 15 is 0 Å². The van der Waals surface area contributed by atoms with Gasteiger partial charge in [-0.05, 0) is 82.5 Å². The number of anilines is 1. The van der Waals surface area contributed by atoms with Gasteiger partial charge in [-0.25, -0.2) is 4.98 Å². The van der Waals surface area contributed by atoms with E-state index in [9.17, 15) is 28.4 Å². The molecule has 15 heteroatoms. The molecule has 1 aliphatic heterocycles. The fraction of sp³-hybridized carbons (Fsp3) is 0.357. The molecule has 1 saturated heterocycles. The quantitative estimate of drug-likeness (QED) is 0.164. The Hall–Kier alpha value is -4.30. The van der Waals surface area contributed by atoms with E-state index in [0.717, 1.165) is 29.6 Å². The minimum absolute atomic E-state index is 0.0217. The van der Waals surface area contributed by atoms with Crippen molar-refractivity contribution in [1.29, 1.82) is 0 Å². The zero-order chi connectivity index (χ0) is 30.6. The smallest absolute Gasteiger partial charge is 0.491 e. The third kappa shape index (κ3) is 8.17. The highest BCUT2D eigenvalue weighted by molar-refractivity contribution is 6.28. The molecule has 0 unspecified atom stereocenters. The Balaban J connectivity index is 1.09. The second-order valence-electron chi connectivity index (χ2n) is 9.92. The molecule has 1 N–H and O–H groups in total. The van der Waals surface area contributed by atoms with Gasteiger partial charge in [0.2, 0.25) is 0 Å². The van der Waals surface area contributed by atoms with E-state index in [1.165, 1.54) is 35.0 Å². The number of rotatable bonds is 11. The molecular formula is C28H27ClF3N5O6. The number of imidazole rings is 1. The molecule has 0 aliphatic carbocycles. The Labute approximate surface area is 248 Å². The van der Waals surface area contributed by atoms with Gasteiger partial charge in [-0.15, -0.1) is 13.2 Å². The lowest BCUT2D eigenvalue weighted by Gasteiger charge is -2.33.